The molecule has 0 aliphatic carbocycles. The topological polar surface area (TPSA) is 88.2 Å². The smallest absolute Gasteiger partial charge is 0.286 e. The maximum Gasteiger partial charge on any atom is 0.286 e. The first kappa shape index (κ1) is 16.2. The van der Waals surface area contributed by atoms with E-state index in [1.807, 2.05) is 18.2 Å². The third-order valence-electron chi connectivity index (χ3n) is 3.51. The summed E-state index contributed by atoms with van der Waals surface area (Å²) in [6.07, 6.45) is 4.06. The molecule has 7 heteroatoms. The number of hydrogen-bond acceptors (Lipinski definition) is 5. The molecule has 0 radical (unpaired) electrons. The van der Waals surface area contributed by atoms with E-state index in [9.17, 15) is 14.4 Å². The lowest BCUT2D eigenvalue weighted by atomic mass is 10.1. The molecule has 1 aromatic carbocycles. The van der Waals surface area contributed by atoms with Crippen molar-refractivity contribution in [3.63, 3.8) is 0 Å². The number of thioether (sulfide) groups is 1. The van der Waals surface area contributed by atoms with Gasteiger partial charge in [-0.2, -0.15) is 0 Å². The van der Waals surface area contributed by atoms with E-state index in [-0.39, 0.29) is 28.7 Å². The largest absolute Gasteiger partial charge is 0.326 e. The molecule has 0 saturated carbocycles. The van der Waals surface area contributed by atoms with Crippen LogP contribution in [0.5, 0.6) is 0 Å². The van der Waals surface area contributed by atoms with Gasteiger partial charge in [-0.15, -0.1) is 0 Å². The van der Waals surface area contributed by atoms with Crippen molar-refractivity contribution in [2.75, 3.05) is 5.32 Å². The van der Waals surface area contributed by atoms with Gasteiger partial charge in [-0.3, -0.25) is 24.7 Å². The van der Waals surface area contributed by atoms with Crippen LogP contribution in [0, 0.1) is 0 Å². The van der Waals surface area contributed by atoms with Crippen LogP contribution in [0.1, 0.15) is 11.1 Å². The van der Waals surface area contributed by atoms with Crippen LogP contribution in [0.2, 0.25) is 0 Å². The number of benzene rings is 1. The number of hydrogen-bond donors (Lipinski definition) is 2. The summed E-state index contributed by atoms with van der Waals surface area (Å²) >= 11 is 1.01. The Balaban J connectivity index is 1.55. The molecule has 2 aromatic rings. The molecule has 2 N–H and O–H groups in total. The van der Waals surface area contributed by atoms with Gasteiger partial charge in [-0.05, 0) is 35.7 Å². The first-order valence-electron chi connectivity index (χ1n) is 7.39. The zero-order valence-corrected chi connectivity index (χ0v) is 13.5. The van der Waals surface area contributed by atoms with Gasteiger partial charge in [0.15, 0.2) is 0 Å². The number of aromatic nitrogens is 1. The molecule has 1 saturated heterocycles. The maximum absolute atomic E-state index is 12.0. The van der Waals surface area contributed by atoms with E-state index in [4.69, 9.17) is 0 Å². The molecule has 1 aliphatic heterocycles. The van der Waals surface area contributed by atoms with Crippen LogP contribution in [-0.2, 0) is 22.4 Å². The van der Waals surface area contributed by atoms with Gasteiger partial charge in [0.1, 0.15) is 0 Å². The van der Waals surface area contributed by atoms with Crippen LogP contribution >= 0.6 is 11.8 Å². The summed E-state index contributed by atoms with van der Waals surface area (Å²) in [5, 5.41) is 4.41. The molecule has 0 bridgehead atoms. The van der Waals surface area contributed by atoms with Crippen LogP contribution in [0.25, 0.3) is 0 Å². The van der Waals surface area contributed by atoms with Gasteiger partial charge in [0.2, 0.25) is 11.8 Å². The SMILES string of the molecule is O=C(Cc1cccnc1)Nc1ccc(CC2SC(=O)NC2=O)cc1. The van der Waals surface area contributed by atoms with Crippen LogP contribution < -0.4 is 10.6 Å². The van der Waals surface area contributed by atoms with Crippen molar-refractivity contribution >= 4 is 34.5 Å². The van der Waals surface area contributed by atoms with Crippen molar-refractivity contribution in [1.29, 1.82) is 0 Å². The van der Waals surface area contributed by atoms with Gasteiger partial charge in [-0.25, -0.2) is 0 Å². The van der Waals surface area contributed by atoms with Gasteiger partial charge in [0.25, 0.3) is 5.24 Å². The molecule has 1 atom stereocenters. The third kappa shape index (κ3) is 4.20. The number of nitrogens with zero attached hydrogens (tertiary/aromatic N) is 1. The summed E-state index contributed by atoms with van der Waals surface area (Å²) in [6.45, 7) is 0. The number of rotatable bonds is 5. The fraction of sp³-hybridized carbons (Fsp3) is 0.176. The first-order chi connectivity index (χ1) is 11.6. The Kier molecular flexibility index (Phi) is 4.90. The molecule has 122 valence electrons. The van der Waals surface area contributed by atoms with Crippen molar-refractivity contribution in [2.45, 2.75) is 18.1 Å². The summed E-state index contributed by atoms with van der Waals surface area (Å²) in [5.41, 5.74) is 2.47. The quantitative estimate of drug-likeness (QED) is 0.870. The molecule has 0 spiro atoms. The maximum atomic E-state index is 12.0. The minimum atomic E-state index is -0.386. The van der Waals surface area contributed by atoms with Crippen molar-refractivity contribution < 1.29 is 14.4 Å². The van der Waals surface area contributed by atoms with Crippen molar-refractivity contribution in [2.24, 2.45) is 0 Å². The molecule has 1 aromatic heterocycles. The second-order valence-corrected chi connectivity index (χ2v) is 6.55. The number of anilines is 1. The van der Waals surface area contributed by atoms with E-state index in [0.29, 0.717) is 12.1 Å². The highest BCUT2D eigenvalue weighted by atomic mass is 32.2. The number of carbonyl (C=O) groups excluding carboxylic acids is 3. The Morgan fingerprint density at radius 1 is 1.17 bits per heavy atom. The minimum Gasteiger partial charge on any atom is -0.326 e. The Hall–Kier alpha value is -2.67. The zero-order valence-electron chi connectivity index (χ0n) is 12.7. The molecule has 1 fully saturated rings. The number of nitrogens with one attached hydrogen (secondary N) is 2. The predicted octanol–water partition coefficient (Wildman–Crippen LogP) is 2.16. The lowest BCUT2D eigenvalue weighted by Crippen LogP contribution is -2.25. The first-order valence-corrected chi connectivity index (χ1v) is 8.27. The highest BCUT2D eigenvalue weighted by Gasteiger charge is 2.31. The molecular weight excluding hydrogens is 326 g/mol. The zero-order chi connectivity index (χ0) is 16.9. The normalized spacial score (nSPS) is 16.8. The molecule has 3 rings (SSSR count). The number of imide groups is 1. The Morgan fingerprint density at radius 3 is 2.58 bits per heavy atom. The lowest BCUT2D eigenvalue weighted by molar-refractivity contribution is -0.119. The highest BCUT2D eigenvalue weighted by molar-refractivity contribution is 8.15. The summed E-state index contributed by atoms with van der Waals surface area (Å²) in [6, 6.07) is 10.9. The van der Waals surface area contributed by atoms with E-state index in [0.717, 1.165) is 22.9 Å². The summed E-state index contributed by atoms with van der Waals surface area (Å²) in [4.78, 5) is 38.7. The second-order valence-electron chi connectivity index (χ2n) is 5.37. The van der Waals surface area contributed by atoms with Crippen LogP contribution in [0.15, 0.2) is 48.8 Å². The number of amides is 3. The average molecular weight is 341 g/mol. The lowest BCUT2D eigenvalue weighted by Gasteiger charge is -2.08. The predicted molar refractivity (Wildman–Crippen MR) is 91.6 cm³/mol. The minimum absolute atomic E-state index is 0.118. The van der Waals surface area contributed by atoms with Crippen LogP contribution in [0.4, 0.5) is 10.5 Å². The molecule has 1 unspecified atom stereocenters. The van der Waals surface area contributed by atoms with Gasteiger partial charge in [0.05, 0.1) is 11.7 Å². The van der Waals surface area contributed by atoms with Crippen LogP contribution in [0.3, 0.4) is 0 Å². The fourth-order valence-electron chi connectivity index (χ4n) is 2.36. The number of pyridine rings is 1. The van der Waals surface area contributed by atoms with Crippen molar-refractivity contribution in [1.82, 2.24) is 10.3 Å². The summed E-state index contributed by atoms with van der Waals surface area (Å²) < 4.78 is 0. The van der Waals surface area contributed by atoms with Gasteiger partial charge >= 0.3 is 0 Å². The van der Waals surface area contributed by atoms with E-state index < -0.39 is 0 Å². The van der Waals surface area contributed by atoms with E-state index in [2.05, 4.69) is 15.6 Å². The van der Waals surface area contributed by atoms with Gasteiger partial charge < -0.3 is 5.32 Å². The molecular formula is C17H15N3O3S. The van der Waals surface area contributed by atoms with Crippen LogP contribution in [-0.4, -0.2) is 27.3 Å². The fourth-order valence-corrected chi connectivity index (χ4v) is 3.22. The Labute approximate surface area is 143 Å². The van der Waals surface area contributed by atoms with Crippen molar-refractivity contribution in [3.05, 3.63) is 59.9 Å². The Bertz CT molecular complexity index is 762. The molecule has 3 amide bonds. The second kappa shape index (κ2) is 7.27. The Morgan fingerprint density at radius 2 is 1.96 bits per heavy atom. The third-order valence-corrected chi connectivity index (χ3v) is 4.49. The number of carbonyl (C=O) groups is 3. The average Bonchev–Trinajstić information content (AvgIpc) is 2.87. The van der Waals surface area contributed by atoms with Gasteiger partial charge in [0, 0.05) is 18.1 Å². The van der Waals surface area contributed by atoms with Crippen molar-refractivity contribution in [3.8, 4) is 0 Å². The molecule has 1 aliphatic rings. The van der Waals surface area contributed by atoms with E-state index in [1.165, 1.54) is 0 Å². The summed E-state index contributed by atoms with van der Waals surface area (Å²) in [7, 11) is 0. The monoisotopic (exact) mass is 341 g/mol. The highest BCUT2D eigenvalue weighted by Crippen LogP contribution is 2.23. The molecule has 24 heavy (non-hydrogen) atoms. The standard InChI is InChI=1S/C17H15N3O3S/c21-15(9-12-2-1-7-18-10-12)19-13-5-3-11(4-6-13)8-14-16(22)20-17(23)24-14/h1-7,10,14H,8-9H2,(H,19,21)(H,20,22,23). The summed E-state index contributed by atoms with van der Waals surface area (Å²) in [5.74, 6) is -0.370. The van der Waals surface area contributed by atoms with Gasteiger partial charge in [-0.1, -0.05) is 30.0 Å². The van der Waals surface area contributed by atoms with E-state index in [1.54, 1.807) is 30.6 Å². The molecule has 6 nitrogen and oxygen atoms in total. The van der Waals surface area contributed by atoms with E-state index >= 15 is 0 Å². The molecule has 2 heterocycles.